The van der Waals surface area contributed by atoms with Gasteiger partial charge in [0, 0.05) is 35.7 Å². The number of nitrogens with zero attached hydrogens (tertiary/aromatic N) is 2. The van der Waals surface area contributed by atoms with Gasteiger partial charge in [0.1, 0.15) is 0 Å². The number of benzene rings is 1. The van der Waals surface area contributed by atoms with Crippen LogP contribution >= 0.6 is 0 Å². The maximum Gasteiger partial charge on any atom is 0.233 e. The number of aromatic amines is 1. The van der Waals surface area contributed by atoms with Gasteiger partial charge in [0.15, 0.2) is 11.7 Å². The van der Waals surface area contributed by atoms with Crippen molar-refractivity contribution in [1.82, 2.24) is 14.9 Å². The van der Waals surface area contributed by atoms with Gasteiger partial charge in [0.25, 0.3) is 0 Å². The number of rotatable bonds is 7. The first-order valence-electron chi connectivity index (χ1n) is 12.0. The molecule has 0 saturated carbocycles. The van der Waals surface area contributed by atoms with Crippen LogP contribution in [0.1, 0.15) is 93.9 Å². The average molecular weight is 437 g/mol. The Balaban J connectivity index is 1.72. The second kappa shape index (κ2) is 9.45. The molecule has 0 bridgehead atoms. The molecule has 32 heavy (non-hydrogen) atoms. The molecule has 1 fully saturated rings. The molecule has 0 spiro atoms. The molecule has 4 atom stereocenters. The van der Waals surface area contributed by atoms with E-state index >= 15 is 0 Å². The second-order valence-electron chi connectivity index (χ2n) is 9.45. The normalized spacial score (nSPS) is 24.6. The number of H-pyrrole nitrogens is 1. The van der Waals surface area contributed by atoms with E-state index in [0.29, 0.717) is 36.1 Å². The van der Waals surface area contributed by atoms with E-state index in [9.17, 15) is 4.79 Å². The maximum absolute atomic E-state index is 12.9. The zero-order valence-corrected chi connectivity index (χ0v) is 19.4. The Hall–Kier alpha value is -2.67. The fourth-order valence-electron chi connectivity index (χ4n) is 5.60. The highest BCUT2D eigenvalue weighted by Crippen LogP contribution is 2.41. The standard InChI is InChI=1S/C25H36N6O/c1-4-5-12-22(31-15(2)8-6-9-16(31)3)17-10-7-11-20-18(17)13-19(25(32)30-20)21-14-28-24(29-21)23(26)27/h7,10-11,14-16,19,22H,4-6,8-9,12-13H2,1-3H3,(H3,26,27)(H,28,29)(H,30,32). The summed E-state index contributed by atoms with van der Waals surface area (Å²) in [7, 11) is 0. The van der Waals surface area contributed by atoms with Crippen molar-refractivity contribution in [2.24, 2.45) is 5.73 Å². The molecule has 2 aliphatic heterocycles. The Kier molecular flexibility index (Phi) is 6.65. The zero-order valence-electron chi connectivity index (χ0n) is 19.4. The quantitative estimate of drug-likeness (QED) is 0.379. The summed E-state index contributed by atoms with van der Waals surface area (Å²) in [5, 5.41) is 10.7. The molecule has 172 valence electrons. The molecule has 1 aromatic carbocycles. The number of nitrogens with two attached hydrogens (primary N) is 1. The lowest BCUT2D eigenvalue weighted by Crippen LogP contribution is -2.46. The van der Waals surface area contributed by atoms with Crippen LogP contribution in [0.25, 0.3) is 0 Å². The maximum atomic E-state index is 12.9. The molecular formula is C25H36N6O. The fraction of sp³-hybridized carbons (Fsp3) is 0.560. The summed E-state index contributed by atoms with van der Waals surface area (Å²) in [6, 6.07) is 7.81. The second-order valence-corrected chi connectivity index (χ2v) is 9.45. The van der Waals surface area contributed by atoms with Gasteiger partial charge in [0.2, 0.25) is 5.91 Å². The summed E-state index contributed by atoms with van der Waals surface area (Å²) in [6.45, 7) is 6.98. The van der Waals surface area contributed by atoms with E-state index in [1.165, 1.54) is 43.2 Å². The number of imidazole rings is 1. The van der Waals surface area contributed by atoms with Crippen LogP contribution in [0.2, 0.25) is 0 Å². The van der Waals surface area contributed by atoms with Crippen molar-refractivity contribution in [3.8, 4) is 0 Å². The van der Waals surface area contributed by atoms with Crippen molar-refractivity contribution < 1.29 is 4.79 Å². The first-order valence-corrected chi connectivity index (χ1v) is 12.0. The van der Waals surface area contributed by atoms with Gasteiger partial charge >= 0.3 is 0 Å². The topological polar surface area (TPSA) is 111 Å². The van der Waals surface area contributed by atoms with Crippen LogP contribution in [-0.2, 0) is 11.2 Å². The largest absolute Gasteiger partial charge is 0.381 e. The molecule has 7 heteroatoms. The van der Waals surface area contributed by atoms with E-state index in [-0.39, 0.29) is 17.7 Å². The summed E-state index contributed by atoms with van der Waals surface area (Å²) < 4.78 is 0. The van der Waals surface area contributed by atoms with E-state index in [1.807, 2.05) is 6.07 Å². The zero-order chi connectivity index (χ0) is 22.8. The molecule has 1 amide bonds. The minimum Gasteiger partial charge on any atom is -0.381 e. The number of hydrogen-bond donors (Lipinski definition) is 4. The first kappa shape index (κ1) is 22.5. The van der Waals surface area contributed by atoms with Crippen LogP contribution in [0.5, 0.6) is 0 Å². The van der Waals surface area contributed by atoms with Crippen LogP contribution in [0.3, 0.4) is 0 Å². The smallest absolute Gasteiger partial charge is 0.233 e. The average Bonchev–Trinajstić information content (AvgIpc) is 3.25. The number of unbranched alkanes of at least 4 members (excludes halogenated alkanes) is 1. The van der Waals surface area contributed by atoms with Crippen molar-refractivity contribution >= 4 is 17.4 Å². The number of carbonyl (C=O) groups is 1. The van der Waals surface area contributed by atoms with Crippen molar-refractivity contribution in [3.63, 3.8) is 0 Å². The fourth-order valence-corrected chi connectivity index (χ4v) is 5.60. The lowest BCUT2D eigenvalue weighted by atomic mass is 9.83. The molecule has 4 unspecified atom stereocenters. The van der Waals surface area contributed by atoms with Gasteiger partial charge in [-0.3, -0.25) is 15.1 Å². The highest BCUT2D eigenvalue weighted by molar-refractivity contribution is 5.99. The molecule has 4 rings (SSSR count). The Morgan fingerprint density at radius 2 is 2.06 bits per heavy atom. The van der Waals surface area contributed by atoms with Gasteiger partial charge in [-0.05, 0) is 56.7 Å². The summed E-state index contributed by atoms with van der Waals surface area (Å²) >= 11 is 0. The van der Waals surface area contributed by atoms with Crippen molar-refractivity contribution in [3.05, 3.63) is 47.0 Å². The lowest BCUT2D eigenvalue weighted by molar-refractivity contribution is -0.117. The van der Waals surface area contributed by atoms with E-state index in [2.05, 4.69) is 53.1 Å². The van der Waals surface area contributed by atoms with E-state index in [4.69, 9.17) is 11.1 Å². The van der Waals surface area contributed by atoms with Crippen LogP contribution < -0.4 is 11.1 Å². The lowest BCUT2D eigenvalue weighted by Gasteiger charge is -2.45. The van der Waals surface area contributed by atoms with Crippen molar-refractivity contribution in [2.45, 2.75) is 89.8 Å². The van der Waals surface area contributed by atoms with Crippen LogP contribution in [0, 0.1) is 5.41 Å². The molecule has 7 nitrogen and oxygen atoms in total. The number of piperidine rings is 1. The number of carbonyl (C=O) groups excluding carboxylic acids is 1. The SMILES string of the molecule is CCCCC(c1cccc2c1CC(c1cnc(C(=N)N)[nH]1)C(=O)N2)N1C(C)CCCC1C. The number of nitrogen functional groups attached to an aromatic ring is 1. The Labute approximate surface area is 190 Å². The summed E-state index contributed by atoms with van der Waals surface area (Å²) in [5.74, 6) is -0.226. The first-order chi connectivity index (χ1) is 15.4. The third-order valence-corrected chi connectivity index (χ3v) is 7.23. The molecule has 1 aromatic heterocycles. The molecule has 1 saturated heterocycles. The minimum atomic E-state index is -0.368. The predicted octanol–water partition coefficient (Wildman–Crippen LogP) is 4.47. The number of amidine groups is 1. The number of fused-ring (bicyclic) bond motifs is 1. The number of nitrogens with one attached hydrogen (secondary N) is 3. The summed E-state index contributed by atoms with van der Waals surface area (Å²) in [4.78, 5) is 22.9. The van der Waals surface area contributed by atoms with Crippen molar-refractivity contribution in [1.29, 1.82) is 5.41 Å². The molecule has 0 radical (unpaired) electrons. The van der Waals surface area contributed by atoms with E-state index in [1.54, 1.807) is 6.20 Å². The summed E-state index contributed by atoms with van der Waals surface area (Å²) in [5.41, 5.74) is 9.77. The van der Waals surface area contributed by atoms with Gasteiger partial charge in [0.05, 0.1) is 5.92 Å². The van der Waals surface area contributed by atoms with E-state index in [0.717, 1.165) is 12.1 Å². The van der Waals surface area contributed by atoms with Crippen molar-refractivity contribution in [2.75, 3.05) is 5.32 Å². The highest BCUT2D eigenvalue weighted by atomic mass is 16.2. The Morgan fingerprint density at radius 3 is 2.72 bits per heavy atom. The Morgan fingerprint density at radius 1 is 1.31 bits per heavy atom. The van der Waals surface area contributed by atoms with Gasteiger partial charge in [-0.2, -0.15) is 0 Å². The number of likely N-dealkylation sites (tertiary alicyclic amines) is 1. The molecular weight excluding hydrogens is 400 g/mol. The highest BCUT2D eigenvalue weighted by Gasteiger charge is 2.36. The molecule has 2 aromatic rings. The Bertz CT molecular complexity index is 973. The van der Waals surface area contributed by atoms with Crippen LogP contribution in [-0.4, -0.2) is 38.7 Å². The third kappa shape index (κ3) is 4.31. The third-order valence-electron chi connectivity index (χ3n) is 7.23. The van der Waals surface area contributed by atoms with Gasteiger partial charge in [-0.1, -0.05) is 38.3 Å². The molecule has 5 N–H and O–H groups in total. The van der Waals surface area contributed by atoms with Crippen LogP contribution in [0.15, 0.2) is 24.4 Å². The predicted molar refractivity (Wildman–Crippen MR) is 128 cm³/mol. The molecule has 2 aliphatic rings. The van der Waals surface area contributed by atoms with Gasteiger partial charge in [-0.15, -0.1) is 0 Å². The monoisotopic (exact) mass is 436 g/mol. The molecule has 0 aliphatic carbocycles. The number of anilines is 1. The minimum absolute atomic E-state index is 0.0433. The van der Waals surface area contributed by atoms with Gasteiger partial charge in [-0.25, -0.2) is 4.98 Å². The number of hydrogen-bond acceptors (Lipinski definition) is 4. The summed E-state index contributed by atoms with van der Waals surface area (Å²) in [6.07, 6.45) is 9.51. The van der Waals surface area contributed by atoms with Crippen LogP contribution in [0.4, 0.5) is 5.69 Å². The molecule has 3 heterocycles. The van der Waals surface area contributed by atoms with E-state index < -0.39 is 0 Å². The van der Waals surface area contributed by atoms with Gasteiger partial charge < -0.3 is 16.0 Å². The number of aromatic nitrogens is 2. The number of amides is 1.